The fourth-order valence-electron chi connectivity index (χ4n) is 2.46. The molecule has 0 bridgehead atoms. The van der Waals surface area contributed by atoms with Crippen LogP contribution in [0.3, 0.4) is 0 Å². The first-order chi connectivity index (χ1) is 8.36. The van der Waals surface area contributed by atoms with Crippen LogP contribution in [0.1, 0.15) is 50.6 Å². The van der Waals surface area contributed by atoms with Crippen molar-refractivity contribution in [1.29, 1.82) is 0 Å². The molecule has 1 aromatic rings. The van der Waals surface area contributed by atoms with Gasteiger partial charge in [-0.05, 0) is 51.1 Å². The molecule has 0 saturated carbocycles. The third-order valence-electron chi connectivity index (χ3n) is 3.56. The first-order valence-electron chi connectivity index (χ1n) is 6.82. The third-order valence-corrected chi connectivity index (χ3v) is 3.56. The van der Waals surface area contributed by atoms with E-state index in [4.69, 9.17) is 0 Å². The van der Waals surface area contributed by atoms with Crippen molar-refractivity contribution in [3.05, 3.63) is 47.5 Å². The van der Waals surface area contributed by atoms with Crippen molar-refractivity contribution in [2.45, 2.75) is 45.1 Å². The molecule has 0 saturated heterocycles. The minimum atomic E-state index is 0.466. The number of rotatable bonds is 6. The molecule has 1 aliphatic rings. The van der Waals surface area contributed by atoms with Gasteiger partial charge in [0.05, 0.1) is 0 Å². The van der Waals surface area contributed by atoms with Crippen LogP contribution >= 0.6 is 0 Å². The van der Waals surface area contributed by atoms with Gasteiger partial charge in [-0.25, -0.2) is 0 Å². The maximum atomic E-state index is 3.60. The molecule has 0 radical (unpaired) electrons. The fraction of sp³-hybridized carbons (Fsp3) is 0.500. The Labute approximate surface area is 105 Å². The molecule has 1 aliphatic carbocycles. The molecule has 0 amide bonds. The third kappa shape index (κ3) is 4.01. The first kappa shape index (κ1) is 12.4. The average Bonchev–Trinajstić information content (AvgIpc) is 2.88. The van der Waals surface area contributed by atoms with Gasteiger partial charge >= 0.3 is 0 Å². The van der Waals surface area contributed by atoms with Crippen LogP contribution < -0.4 is 5.32 Å². The zero-order valence-electron chi connectivity index (χ0n) is 10.8. The molecule has 0 aromatic heterocycles. The van der Waals surface area contributed by atoms with E-state index in [0.717, 1.165) is 6.54 Å². The molecule has 1 atom stereocenters. The van der Waals surface area contributed by atoms with Gasteiger partial charge in [0.25, 0.3) is 0 Å². The van der Waals surface area contributed by atoms with Gasteiger partial charge in [-0.15, -0.1) is 0 Å². The van der Waals surface area contributed by atoms with Crippen molar-refractivity contribution in [2.24, 2.45) is 0 Å². The minimum absolute atomic E-state index is 0.466. The molecule has 1 nitrogen and oxygen atoms in total. The molecule has 0 spiro atoms. The molecule has 92 valence electrons. The molecule has 1 heteroatoms. The van der Waals surface area contributed by atoms with E-state index < -0.39 is 0 Å². The summed E-state index contributed by atoms with van der Waals surface area (Å²) in [6, 6.07) is 11.1. The zero-order chi connectivity index (χ0) is 11.9. The van der Waals surface area contributed by atoms with E-state index in [1.165, 1.54) is 37.7 Å². The van der Waals surface area contributed by atoms with Crippen molar-refractivity contribution in [3.8, 4) is 0 Å². The Kier molecular flexibility index (Phi) is 4.81. The van der Waals surface area contributed by atoms with E-state index >= 15 is 0 Å². The monoisotopic (exact) mass is 229 g/mol. The van der Waals surface area contributed by atoms with Crippen molar-refractivity contribution in [3.63, 3.8) is 0 Å². The van der Waals surface area contributed by atoms with Gasteiger partial charge in [0.2, 0.25) is 0 Å². The minimum Gasteiger partial charge on any atom is -0.310 e. The largest absolute Gasteiger partial charge is 0.310 e. The Morgan fingerprint density at radius 3 is 2.76 bits per heavy atom. The highest BCUT2D eigenvalue weighted by atomic mass is 14.9. The summed E-state index contributed by atoms with van der Waals surface area (Å²) in [7, 11) is 0. The molecule has 17 heavy (non-hydrogen) atoms. The summed E-state index contributed by atoms with van der Waals surface area (Å²) in [6.45, 7) is 3.36. The Hall–Kier alpha value is -1.08. The van der Waals surface area contributed by atoms with Crippen LogP contribution in [-0.4, -0.2) is 6.54 Å². The predicted molar refractivity (Wildman–Crippen MR) is 74.0 cm³/mol. The van der Waals surface area contributed by atoms with Gasteiger partial charge in [-0.1, -0.05) is 42.0 Å². The summed E-state index contributed by atoms with van der Waals surface area (Å²) in [6.07, 6.45) is 9.01. The molecular formula is C16H23N. The lowest BCUT2D eigenvalue weighted by Crippen LogP contribution is -2.19. The normalized spacial score (nSPS) is 16.9. The number of hydrogen-bond acceptors (Lipinski definition) is 1. The van der Waals surface area contributed by atoms with Crippen LogP contribution in [0.4, 0.5) is 0 Å². The van der Waals surface area contributed by atoms with E-state index in [0.29, 0.717) is 6.04 Å². The molecular weight excluding hydrogens is 206 g/mol. The number of hydrogen-bond donors (Lipinski definition) is 1. The average molecular weight is 229 g/mol. The van der Waals surface area contributed by atoms with Gasteiger partial charge in [-0.3, -0.25) is 0 Å². The van der Waals surface area contributed by atoms with E-state index in [1.807, 2.05) is 0 Å². The highest BCUT2D eigenvalue weighted by Gasteiger charge is 2.05. The van der Waals surface area contributed by atoms with Crippen LogP contribution in [-0.2, 0) is 0 Å². The Bertz CT molecular complexity index is 353. The summed E-state index contributed by atoms with van der Waals surface area (Å²) in [4.78, 5) is 0. The van der Waals surface area contributed by atoms with Gasteiger partial charge < -0.3 is 5.32 Å². The van der Waals surface area contributed by atoms with E-state index in [-0.39, 0.29) is 0 Å². The lowest BCUT2D eigenvalue weighted by molar-refractivity contribution is 0.556. The smallest absolute Gasteiger partial charge is 0.0291 e. The second kappa shape index (κ2) is 6.61. The summed E-state index contributed by atoms with van der Waals surface area (Å²) in [5.74, 6) is 0. The van der Waals surface area contributed by atoms with E-state index in [1.54, 1.807) is 5.57 Å². The van der Waals surface area contributed by atoms with Crippen LogP contribution in [0, 0.1) is 0 Å². The summed E-state index contributed by atoms with van der Waals surface area (Å²) < 4.78 is 0. The lowest BCUT2D eigenvalue weighted by Gasteiger charge is -2.14. The summed E-state index contributed by atoms with van der Waals surface area (Å²) >= 11 is 0. The van der Waals surface area contributed by atoms with E-state index in [2.05, 4.69) is 48.6 Å². The number of benzene rings is 1. The molecule has 1 N–H and O–H groups in total. The van der Waals surface area contributed by atoms with Gasteiger partial charge in [0, 0.05) is 6.04 Å². The van der Waals surface area contributed by atoms with Crippen LogP contribution in [0.15, 0.2) is 42.0 Å². The van der Waals surface area contributed by atoms with Gasteiger partial charge in [0.15, 0.2) is 0 Å². The van der Waals surface area contributed by atoms with Gasteiger partial charge in [0.1, 0.15) is 0 Å². The molecule has 0 heterocycles. The number of nitrogens with one attached hydrogen (secondary N) is 1. The Balaban J connectivity index is 1.65. The van der Waals surface area contributed by atoms with Gasteiger partial charge in [-0.2, -0.15) is 0 Å². The molecule has 0 aliphatic heterocycles. The van der Waals surface area contributed by atoms with Crippen molar-refractivity contribution >= 4 is 0 Å². The highest BCUT2D eigenvalue weighted by molar-refractivity contribution is 5.18. The maximum absolute atomic E-state index is 3.60. The van der Waals surface area contributed by atoms with Crippen molar-refractivity contribution in [1.82, 2.24) is 5.32 Å². The summed E-state index contributed by atoms with van der Waals surface area (Å²) in [5.41, 5.74) is 3.06. The zero-order valence-corrected chi connectivity index (χ0v) is 10.8. The lowest BCUT2D eigenvalue weighted by atomic mass is 10.1. The highest BCUT2D eigenvalue weighted by Crippen LogP contribution is 2.21. The second-order valence-electron chi connectivity index (χ2n) is 4.94. The quantitative estimate of drug-likeness (QED) is 0.568. The van der Waals surface area contributed by atoms with Crippen LogP contribution in [0.2, 0.25) is 0 Å². The predicted octanol–water partition coefficient (Wildman–Crippen LogP) is 4.23. The standard InChI is InChI=1S/C16H23N/c1-14(16-11-3-2-4-12-16)17-13-7-10-15-8-5-6-9-15/h2-4,8,11-12,14,17H,5-7,9-10,13H2,1H3/t14-/m0/s1. The van der Waals surface area contributed by atoms with Crippen LogP contribution in [0.25, 0.3) is 0 Å². The Morgan fingerprint density at radius 2 is 2.06 bits per heavy atom. The van der Waals surface area contributed by atoms with Crippen molar-refractivity contribution in [2.75, 3.05) is 6.54 Å². The summed E-state index contributed by atoms with van der Waals surface area (Å²) in [5, 5.41) is 3.60. The number of allylic oxidation sites excluding steroid dienone is 2. The first-order valence-corrected chi connectivity index (χ1v) is 6.82. The SMILES string of the molecule is C[C@H](NCCCC1=CCCC1)c1ccccc1. The van der Waals surface area contributed by atoms with Crippen LogP contribution in [0.5, 0.6) is 0 Å². The Morgan fingerprint density at radius 1 is 1.24 bits per heavy atom. The molecule has 2 rings (SSSR count). The second-order valence-corrected chi connectivity index (χ2v) is 4.94. The molecule has 1 aromatic carbocycles. The molecule has 0 fully saturated rings. The van der Waals surface area contributed by atoms with E-state index in [9.17, 15) is 0 Å². The topological polar surface area (TPSA) is 12.0 Å². The van der Waals surface area contributed by atoms with Crippen molar-refractivity contribution < 1.29 is 0 Å². The maximum Gasteiger partial charge on any atom is 0.0291 e. The molecule has 0 unspecified atom stereocenters. The fourth-order valence-corrected chi connectivity index (χ4v) is 2.46.